The average Bonchev–Trinajstić information content (AvgIpc) is 2.95. The van der Waals surface area contributed by atoms with Crippen LogP contribution in [0.25, 0.3) is 10.9 Å². The van der Waals surface area contributed by atoms with E-state index >= 15 is 0 Å². The number of ether oxygens (including phenoxy) is 1. The number of nitrogen functional groups attached to an aromatic ring is 1. The van der Waals surface area contributed by atoms with E-state index in [1.807, 2.05) is 6.07 Å². The van der Waals surface area contributed by atoms with Crippen LogP contribution in [0.3, 0.4) is 0 Å². The number of nitrogens with two attached hydrogens (primary N) is 1. The predicted octanol–water partition coefficient (Wildman–Crippen LogP) is 4.46. The van der Waals surface area contributed by atoms with Gasteiger partial charge in [0.1, 0.15) is 18.2 Å². The Labute approximate surface area is 223 Å². The minimum atomic E-state index is -1.12. The van der Waals surface area contributed by atoms with E-state index in [1.54, 1.807) is 41.2 Å². The van der Waals surface area contributed by atoms with Crippen LogP contribution in [0.15, 0.2) is 59.7 Å². The Balaban J connectivity index is 1.38. The molecule has 1 atom stereocenters. The topological polar surface area (TPSA) is 76.6 Å². The standard InChI is InChI=1S/C29H28F3N5O2/c30-23-6-2-1-4-18(23)14-37(21-5-3-9-35(17-21)20-7-8-25(33)34-13-20)16-19-15-36-10-11-39-29-26(32)24(31)12-22(27(29)36)28(19)38/h1-2,4,6-8,12-13,15,21H,3,5,9-11,14,16-17H2,(H2,33,34)/t21-/m0/s1. The van der Waals surface area contributed by atoms with Crippen molar-refractivity contribution in [1.29, 1.82) is 0 Å². The second-order valence-corrected chi connectivity index (χ2v) is 10.1. The van der Waals surface area contributed by atoms with Crippen LogP contribution >= 0.6 is 0 Å². The molecule has 7 nitrogen and oxygen atoms in total. The van der Waals surface area contributed by atoms with Crippen molar-refractivity contribution in [2.24, 2.45) is 0 Å². The molecule has 4 aromatic rings. The van der Waals surface area contributed by atoms with Gasteiger partial charge >= 0.3 is 0 Å². The molecule has 202 valence electrons. The summed E-state index contributed by atoms with van der Waals surface area (Å²) in [5, 5.41) is 0.0742. The molecule has 0 bridgehead atoms. The number of aromatic nitrogens is 2. The largest absolute Gasteiger partial charge is 0.486 e. The van der Waals surface area contributed by atoms with E-state index < -0.39 is 11.6 Å². The number of hydrogen-bond acceptors (Lipinski definition) is 6. The SMILES string of the molecule is Nc1ccc(N2CCC[C@H](N(Cc3ccccc3F)Cc3cn4c5c(c(F)c(F)cc5c3=O)OCC4)C2)cn1. The van der Waals surface area contributed by atoms with Gasteiger partial charge in [0.15, 0.2) is 17.0 Å². The van der Waals surface area contributed by atoms with Gasteiger partial charge < -0.3 is 19.9 Å². The summed E-state index contributed by atoms with van der Waals surface area (Å²) in [6, 6.07) is 11.2. The molecular weight excluding hydrogens is 507 g/mol. The smallest absolute Gasteiger partial charge is 0.202 e. The van der Waals surface area contributed by atoms with Crippen LogP contribution in [0.4, 0.5) is 24.7 Å². The molecule has 1 saturated heterocycles. The number of anilines is 2. The maximum atomic E-state index is 14.8. The van der Waals surface area contributed by atoms with Crippen LogP contribution in [-0.2, 0) is 19.6 Å². The van der Waals surface area contributed by atoms with E-state index in [2.05, 4.69) is 14.8 Å². The summed E-state index contributed by atoms with van der Waals surface area (Å²) in [6.45, 7) is 2.56. The molecule has 0 aliphatic carbocycles. The second-order valence-electron chi connectivity index (χ2n) is 10.1. The number of benzene rings is 2. The highest BCUT2D eigenvalue weighted by Gasteiger charge is 2.29. The monoisotopic (exact) mass is 535 g/mol. The van der Waals surface area contributed by atoms with Gasteiger partial charge in [0, 0.05) is 49.5 Å². The molecule has 0 spiro atoms. The van der Waals surface area contributed by atoms with E-state index in [9.17, 15) is 18.0 Å². The first-order chi connectivity index (χ1) is 18.9. The van der Waals surface area contributed by atoms with Crippen LogP contribution in [-0.4, -0.2) is 40.2 Å². The Morgan fingerprint density at radius 1 is 1.05 bits per heavy atom. The van der Waals surface area contributed by atoms with Crippen molar-refractivity contribution in [1.82, 2.24) is 14.5 Å². The molecule has 1 fully saturated rings. The minimum absolute atomic E-state index is 0.00351. The fraction of sp³-hybridized carbons (Fsp3) is 0.310. The number of piperidine rings is 1. The van der Waals surface area contributed by atoms with Gasteiger partial charge in [0.2, 0.25) is 5.82 Å². The Morgan fingerprint density at radius 2 is 1.87 bits per heavy atom. The zero-order chi connectivity index (χ0) is 27.1. The molecule has 0 unspecified atom stereocenters. The number of nitrogens with zero attached hydrogens (tertiary/aromatic N) is 4. The Bertz CT molecular complexity index is 1590. The zero-order valence-electron chi connectivity index (χ0n) is 21.2. The van der Waals surface area contributed by atoms with Gasteiger partial charge in [-0.2, -0.15) is 4.39 Å². The number of hydrogen-bond donors (Lipinski definition) is 1. The van der Waals surface area contributed by atoms with E-state index in [1.165, 1.54) is 6.07 Å². The van der Waals surface area contributed by atoms with Crippen LogP contribution < -0.4 is 20.8 Å². The third-order valence-corrected chi connectivity index (χ3v) is 7.62. The molecule has 10 heteroatoms. The first-order valence-electron chi connectivity index (χ1n) is 13.0. The van der Waals surface area contributed by atoms with Crippen molar-refractivity contribution < 1.29 is 17.9 Å². The molecule has 6 rings (SSSR count). The maximum Gasteiger partial charge on any atom is 0.202 e. The lowest BCUT2D eigenvalue weighted by atomic mass is 10.0. The number of rotatable bonds is 6. The van der Waals surface area contributed by atoms with Gasteiger partial charge in [-0.1, -0.05) is 18.2 Å². The second kappa shape index (κ2) is 10.3. The molecule has 2 aliphatic heterocycles. The summed E-state index contributed by atoms with van der Waals surface area (Å²) in [7, 11) is 0. The van der Waals surface area contributed by atoms with E-state index in [4.69, 9.17) is 10.5 Å². The normalized spacial score (nSPS) is 17.0. The molecule has 39 heavy (non-hydrogen) atoms. The third kappa shape index (κ3) is 4.80. The maximum absolute atomic E-state index is 14.8. The lowest BCUT2D eigenvalue weighted by Crippen LogP contribution is -2.48. The van der Waals surface area contributed by atoms with Gasteiger partial charge in [-0.3, -0.25) is 9.69 Å². The van der Waals surface area contributed by atoms with Gasteiger partial charge in [-0.25, -0.2) is 13.8 Å². The van der Waals surface area contributed by atoms with Gasteiger partial charge in [0.05, 0.1) is 29.3 Å². The van der Waals surface area contributed by atoms with Crippen molar-refractivity contribution in [2.75, 3.05) is 30.3 Å². The van der Waals surface area contributed by atoms with Crippen molar-refractivity contribution in [3.05, 3.63) is 93.7 Å². The van der Waals surface area contributed by atoms with Crippen molar-refractivity contribution in [3.8, 4) is 5.75 Å². The number of halogens is 3. The van der Waals surface area contributed by atoms with Crippen LogP contribution in [0.2, 0.25) is 0 Å². The van der Waals surface area contributed by atoms with Gasteiger partial charge in [0.25, 0.3) is 0 Å². The van der Waals surface area contributed by atoms with Crippen LogP contribution in [0.5, 0.6) is 5.75 Å². The Hall–Kier alpha value is -4.05. The van der Waals surface area contributed by atoms with Crippen molar-refractivity contribution >= 4 is 22.4 Å². The molecule has 0 radical (unpaired) electrons. The summed E-state index contributed by atoms with van der Waals surface area (Å²) in [5.74, 6) is -2.32. The molecule has 2 aromatic heterocycles. The third-order valence-electron chi connectivity index (χ3n) is 7.62. The summed E-state index contributed by atoms with van der Waals surface area (Å²) in [5.41, 5.74) is 7.54. The van der Waals surface area contributed by atoms with E-state index in [0.29, 0.717) is 30.0 Å². The van der Waals surface area contributed by atoms with Crippen molar-refractivity contribution in [2.45, 2.75) is 38.5 Å². The summed E-state index contributed by atoms with van der Waals surface area (Å²) < 4.78 is 50.7. The van der Waals surface area contributed by atoms with E-state index in [0.717, 1.165) is 31.1 Å². The molecule has 2 aliphatic rings. The molecule has 0 saturated carbocycles. The Kier molecular flexibility index (Phi) is 6.64. The quantitative estimate of drug-likeness (QED) is 0.393. The van der Waals surface area contributed by atoms with Crippen LogP contribution in [0, 0.1) is 17.5 Å². The van der Waals surface area contributed by atoms with Crippen LogP contribution in [0.1, 0.15) is 24.0 Å². The molecular formula is C29H28F3N5O2. The molecule has 2 aromatic carbocycles. The highest BCUT2D eigenvalue weighted by molar-refractivity contribution is 5.86. The Morgan fingerprint density at radius 3 is 2.67 bits per heavy atom. The lowest BCUT2D eigenvalue weighted by Gasteiger charge is -2.40. The molecule has 4 heterocycles. The average molecular weight is 536 g/mol. The predicted molar refractivity (Wildman–Crippen MR) is 143 cm³/mol. The van der Waals surface area contributed by atoms with E-state index in [-0.39, 0.29) is 53.6 Å². The molecule has 0 amide bonds. The summed E-state index contributed by atoms with van der Waals surface area (Å²) in [6.07, 6.45) is 5.20. The van der Waals surface area contributed by atoms with Crippen molar-refractivity contribution in [3.63, 3.8) is 0 Å². The highest BCUT2D eigenvalue weighted by Crippen LogP contribution is 2.33. The van der Waals surface area contributed by atoms with Gasteiger partial charge in [-0.05, 0) is 37.1 Å². The lowest BCUT2D eigenvalue weighted by molar-refractivity contribution is 0.156. The highest BCUT2D eigenvalue weighted by atomic mass is 19.2. The first kappa shape index (κ1) is 25.2. The summed E-state index contributed by atoms with van der Waals surface area (Å²) >= 11 is 0. The number of pyridine rings is 2. The molecule has 2 N–H and O–H groups in total. The van der Waals surface area contributed by atoms with Gasteiger partial charge in [-0.15, -0.1) is 0 Å². The minimum Gasteiger partial charge on any atom is -0.486 e. The fourth-order valence-corrected chi connectivity index (χ4v) is 5.65. The zero-order valence-corrected chi connectivity index (χ0v) is 21.2. The fourth-order valence-electron chi connectivity index (χ4n) is 5.65. The first-order valence-corrected chi connectivity index (χ1v) is 13.0. The summed E-state index contributed by atoms with van der Waals surface area (Å²) in [4.78, 5) is 22.1.